The maximum Gasteiger partial charge on any atom is 1.00 e. The van der Waals surface area contributed by atoms with E-state index in [-0.39, 0.29) is 18.9 Å². The predicted octanol–water partition coefficient (Wildman–Crippen LogP) is 0.462. The van der Waals surface area contributed by atoms with Crippen LogP contribution in [0.15, 0.2) is 60.7 Å². The van der Waals surface area contributed by atoms with Gasteiger partial charge in [-0.2, -0.15) is 6.16 Å². The van der Waals surface area contributed by atoms with Crippen LogP contribution in [0.4, 0.5) is 0 Å². The van der Waals surface area contributed by atoms with Crippen LogP contribution in [-0.2, 0) is 6.16 Å². The Hall–Kier alpha value is -0.533. The average molecular weight is 206 g/mol. The molecule has 0 aliphatic heterocycles. The van der Waals surface area contributed by atoms with E-state index in [2.05, 4.69) is 60.7 Å². The first-order valence-corrected chi connectivity index (χ1v) is 5.79. The van der Waals surface area contributed by atoms with Gasteiger partial charge in [-0.15, -0.1) is 0 Å². The molecule has 0 aliphatic carbocycles. The van der Waals surface area contributed by atoms with E-state index in [9.17, 15) is 0 Å². The summed E-state index contributed by atoms with van der Waals surface area (Å²) in [6.45, 7) is 0. The fourth-order valence-electron chi connectivity index (χ4n) is 1.30. The molecule has 2 heteroatoms. The molecule has 0 radical (unpaired) electrons. The van der Waals surface area contributed by atoms with Crippen LogP contribution in [0.1, 0.15) is 5.56 Å². The molecular weight excluding hydrogens is 194 g/mol. The summed E-state index contributed by atoms with van der Waals surface area (Å²) in [5.41, 5.74) is 1.40. The van der Waals surface area contributed by atoms with Gasteiger partial charge in [0.05, 0.1) is 0 Å². The maximum absolute atomic E-state index is 2.18. The van der Waals surface area contributed by atoms with Gasteiger partial charge < -0.3 is 8.58 Å². The Morgan fingerprint density at radius 1 is 0.733 bits per heavy atom. The molecule has 0 amide bonds. The van der Waals surface area contributed by atoms with Crippen molar-refractivity contribution in [3.8, 4) is 0 Å². The third kappa shape index (κ3) is 4.23. The molecule has 2 aromatic rings. The topological polar surface area (TPSA) is 0 Å². The third-order valence-corrected chi connectivity index (χ3v) is 3.23. The molecule has 0 heterocycles. The Labute approximate surface area is 105 Å². The van der Waals surface area contributed by atoms with Crippen molar-refractivity contribution in [2.75, 3.05) is 0 Å². The molecule has 0 aromatic heterocycles. The van der Waals surface area contributed by atoms with E-state index in [0.29, 0.717) is 0 Å². The van der Waals surface area contributed by atoms with Gasteiger partial charge in [-0.1, -0.05) is 66.2 Å². The fourth-order valence-corrected chi connectivity index (χ4v) is 2.26. The standard InChI is InChI=1S/C13H12P.Li/c1-3-7-12(8-4-1)11-14-13-9-5-2-6-10-13;/h1-10H,11H2;/q-1;+1. The Kier molecular flexibility index (Phi) is 5.73. The Morgan fingerprint density at radius 2 is 1.27 bits per heavy atom. The normalized spacial score (nSPS) is 10.1. The first kappa shape index (κ1) is 12.5. The van der Waals surface area contributed by atoms with Crippen LogP contribution in [0.3, 0.4) is 0 Å². The van der Waals surface area contributed by atoms with E-state index in [1.54, 1.807) is 0 Å². The van der Waals surface area contributed by atoms with Gasteiger partial charge in [-0.25, -0.2) is 5.30 Å². The number of hydrogen-bond donors (Lipinski definition) is 0. The van der Waals surface area contributed by atoms with Gasteiger partial charge in [0.25, 0.3) is 0 Å². The van der Waals surface area contributed by atoms with Crippen molar-refractivity contribution in [1.29, 1.82) is 0 Å². The minimum Gasteiger partial charge on any atom is -0.501 e. The first-order chi connectivity index (χ1) is 6.95. The first-order valence-electron chi connectivity index (χ1n) is 4.71. The van der Waals surface area contributed by atoms with E-state index in [4.69, 9.17) is 0 Å². The molecule has 0 fully saturated rings. The van der Waals surface area contributed by atoms with Crippen LogP contribution >= 0.6 is 8.58 Å². The number of rotatable bonds is 3. The SMILES string of the molecule is [Li+].c1ccc(C[P-]c2ccccc2)cc1. The van der Waals surface area contributed by atoms with Crippen LogP contribution in [0.2, 0.25) is 0 Å². The Bertz CT molecular complexity index is 333. The molecule has 15 heavy (non-hydrogen) atoms. The van der Waals surface area contributed by atoms with E-state index in [1.165, 1.54) is 19.4 Å². The van der Waals surface area contributed by atoms with Gasteiger partial charge in [0.15, 0.2) is 0 Å². The van der Waals surface area contributed by atoms with E-state index in [1.807, 2.05) is 0 Å². The number of benzene rings is 2. The van der Waals surface area contributed by atoms with Gasteiger partial charge in [-0.05, 0) is 0 Å². The smallest absolute Gasteiger partial charge is 0.501 e. The van der Waals surface area contributed by atoms with Crippen LogP contribution in [0.5, 0.6) is 0 Å². The van der Waals surface area contributed by atoms with Gasteiger partial charge in [0, 0.05) is 0 Å². The molecule has 0 spiro atoms. The summed E-state index contributed by atoms with van der Waals surface area (Å²) in [6, 6.07) is 21.2. The second-order valence-electron chi connectivity index (χ2n) is 3.14. The van der Waals surface area contributed by atoms with Gasteiger partial charge in [0.2, 0.25) is 0 Å². The van der Waals surface area contributed by atoms with Crippen LogP contribution in [0, 0.1) is 0 Å². The van der Waals surface area contributed by atoms with Crippen molar-refractivity contribution in [3.05, 3.63) is 66.2 Å². The fraction of sp³-hybridized carbons (Fsp3) is 0.0769. The van der Waals surface area contributed by atoms with Crippen LogP contribution < -0.4 is 24.2 Å². The van der Waals surface area contributed by atoms with Crippen LogP contribution in [-0.4, -0.2) is 0 Å². The molecule has 0 N–H and O–H groups in total. The summed E-state index contributed by atoms with van der Waals surface area (Å²) in [5, 5.41) is 1.39. The van der Waals surface area contributed by atoms with Crippen molar-refractivity contribution >= 4 is 13.9 Å². The number of hydrogen-bond acceptors (Lipinski definition) is 0. The molecule has 0 aliphatic rings. The maximum atomic E-state index is 2.18. The van der Waals surface area contributed by atoms with Gasteiger partial charge >= 0.3 is 18.9 Å². The molecule has 0 bridgehead atoms. The van der Waals surface area contributed by atoms with E-state index < -0.39 is 0 Å². The average Bonchev–Trinajstić information content (AvgIpc) is 2.29. The zero-order chi connectivity index (χ0) is 9.64. The quantitative estimate of drug-likeness (QED) is 0.505. The third-order valence-electron chi connectivity index (χ3n) is 2.04. The van der Waals surface area contributed by atoms with Gasteiger partial charge in [-0.3, -0.25) is 0 Å². The monoisotopic (exact) mass is 206 g/mol. The predicted molar refractivity (Wildman–Crippen MR) is 63.1 cm³/mol. The molecular formula is C13H12LiP. The minimum absolute atomic E-state index is 0. The van der Waals surface area contributed by atoms with Crippen molar-refractivity contribution in [2.45, 2.75) is 6.16 Å². The summed E-state index contributed by atoms with van der Waals surface area (Å²) >= 11 is 0. The summed E-state index contributed by atoms with van der Waals surface area (Å²) in [4.78, 5) is 0. The Balaban J connectivity index is 0.00000112. The molecule has 0 unspecified atom stereocenters. The molecule has 0 atom stereocenters. The molecule has 0 saturated carbocycles. The van der Waals surface area contributed by atoms with Crippen molar-refractivity contribution in [2.24, 2.45) is 0 Å². The van der Waals surface area contributed by atoms with E-state index in [0.717, 1.165) is 6.16 Å². The summed E-state index contributed by atoms with van der Waals surface area (Å²) in [7, 11) is 1.38. The van der Waals surface area contributed by atoms with Crippen molar-refractivity contribution in [1.82, 2.24) is 0 Å². The molecule has 70 valence electrons. The van der Waals surface area contributed by atoms with E-state index >= 15 is 0 Å². The molecule has 2 aromatic carbocycles. The molecule has 2 rings (SSSR count). The second-order valence-corrected chi connectivity index (χ2v) is 4.29. The molecule has 0 nitrogen and oxygen atoms in total. The zero-order valence-corrected chi connectivity index (χ0v) is 9.82. The van der Waals surface area contributed by atoms with Gasteiger partial charge in [0.1, 0.15) is 0 Å². The second kappa shape index (κ2) is 6.86. The van der Waals surface area contributed by atoms with Crippen molar-refractivity contribution in [3.63, 3.8) is 0 Å². The zero-order valence-electron chi connectivity index (χ0n) is 8.93. The largest absolute Gasteiger partial charge is 1.00 e. The molecule has 0 saturated heterocycles. The summed E-state index contributed by atoms with van der Waals surface area (Å²) in [6.07, 6.45) is 1.10. The van der Waals surface area contributed by atoms with Crippen LogP contribution in [0.25, 0.3) is 0 Å². The van der Waals surface area contributed by atoms with Crippen molar-refractivity contribution < 1.29 is 18.9 Å². The Morgan fingerprint density at radius 3 is 1.87 bits per heavy atom. The summed E-state index contributed by atoms with van der Waals surface area (Å²) < 4.78 is 0. The minimum atomic E-state index is 0. The summed E-state index contributed by atoms with van der Waals surface area (Å²) in [5.74, 6) is 0.